The van der Waals surface area contributed by atoms with Gasteiger partial charge in [0.25, 0.3) is 0 Å². The highest BCUT2D eigenvalue weighted by atomic mass is 16.1. The number of carbonyl (C=O) groups excluding carboxylic acids is 1. The van der Waals surface area contributed by atoms with Gasteiger partial charge < -0.3 is 10.3 Å². The van der Waals surface area contributed by atoms with Crippen LogP contribution >= 0.6 is 0 Å². The van der Waals surface area contributed by atoms with E-state index in [9.17, 15) is 4.79 Å². The van der Waals surface area contributed by atoms with Gasteiger partial charge in [-0.15, -0.1) is 0 Å². The number of nitrogens with one attached hydrogen (secondary N) is 2. The standard InChI is InChI=1S/C21H19N5O/c27-21(12-11-15-14-23-16-6-1-2-7-17(16)24-15)22-13-5-10-20-25-18-8-3-4-9-19(18)26-20/h1-4,6-9,11-12,14H,5,10,13H2,(H,22,27)(H,25,26)/b12-11+. The summed E-state index contributed by atoms with van der Waals surface area (Å²) >= 11 is 0. The molecule has 0 aliphatic carbocycles. The zero-order valence-electron chi connectivity index (χ0n) is 14.7. The van der Waals surface area contributed by atoms with Crippen LogP contribution in [0.4, 0.5) is 0 Å². The molecule has 1 amide bonds. The fraction of sp³-hybridized carbons (Fsp3) is 0.143. The van der Waals surface area contributed by atoms with Crippen molar-refractivity contribution in [3.05, 3.63) is 72.3 Å². The third-order valence-corrected chi connectivity index (χ3v) is 4.20. The average molecular weight is 357 g/mol. The van der Waals surface area contributed by atoms with Crippen LogP contribution in [-0.4, -0.2) is 32.4 Å². The van der Waals surface area contributed by atoms with Crippen LogP contribution in [0.2, 0.25) is 0 Å². The second-order valence-corrected chi connectivity index (χ2v) is 6.21. The van der Waals surface area contributed by atoms with Crippen LogP contribution in [-0.2, 0) is 11.2 Å². The molecule has 2 aromatic heterocycles. The largest absolute Gasteiger partial charge is 0.353 e. The van der Waals surface area contributed by atoms with Crippen molar-refractivity contribution in [1.82, 2.24) is 25.3 Å². The van der Waals surface area contributed by atoms with E-state index >= 15 is 0 Å². The number of benzene rings is 2. The van der Waals surface area contributed by atoms with Crippen LogP contribution in [0, 0.1) is 0 Å². The lowest BCUT2D eigenvalue weighted by Gasteiger charge is -2.01. The van der Waals surface area contributed by atoms with Gasteiger partial charge in [0.05, 0.1) is 34.0 Å². The molecule has 6 heteroatoms. The monoisotopic (exact) mass is 357 g/mol. The maximum atomic E-state index is 12.0. The van der Waals surface area contributed by atoms with E-state index in [4.69, 9.17) is 0 Å². The highest BCUT2D eigenvalue weighted by Gasteiger charge is 2.02. The Hall–Kier alpha value is -3.54. The Morgan fingerprint density at radius 1 is 1.00 bits per heavy atom. The van der Waals surface area contributed by atoms with Crippen LogP contribution in [0.5, 0.6) is 0 Å². The van der Waals surface area contributed by atoms with Crippen molar-refractivity contribution in [1.29, 1.82) is 0 Å². The third kappa shape index (κ3) is 4.17. The van der Waals surface area contributed by atoms with E-state index < -0.39 is 0 Å². The smallest absolute Gasteiger partial charge is 0.244 e. The van der Waals surface area contributed by atoms with Gasteiger partial charge in [0.2, 0.25) is 5.91 Å². The van der Waals surface area contributed by atoms with Crippen LogP contribution in [0.1, 0.15) is 17.9 Å². The van der Waals surface area contributed by atoms with Gasteiger partial charge in [-0.05, 0) is 36.8 Å². The first-order valence-corrected chi connectivity index (χ1v) is 8.89. The molecule has 2 aromatic carbocycles. The Kier molecular flexibility index (Phi) is 4.87. The number of para-hydroxylation sites is 4. The van der Waals surface area contributed by atoms with E-state index in [0.29, 0.717) is 12.2 Å². The highest BCUT2D eigenvalue weighted by molar-refractivity contribution is 5.91. The fourth-order valence-corrected chi connectivity index (χ4v) is 2.86. The molecule has 0 unspecified atom stereocenters. The number of nitrogens with zero attached hydrogens (tertiary/aromatic N) is 3. The minimum Gasteiger partial charge on any atom is -0.353 e. The second-order valence-electron chi connectivity index (χ2n) is 6.21. The predicted molar refractivity (Wildman–Crippen MR) is 106 cm³/mol. The molecular weight excluding hydrogens is 338 g/mol. The summed E-state index contributed by atoms with van der Waals surface area (Å²) in [6.07, 6.45) is 6.42. The van der Waals surface area contributed by atoms with E-state index in [1.54, 1.807) is 12.3 Å². The summed E-state index contributed by atoms with van der Waals surface area (Å²) in [6, 6.07) is 15.6. The number of hydrogen-bond donors (Lipinski definition) is 2. The molecule has 134 valence electrons. The molecule has 4 aromatic rings. The number of amides is 1. The van der Waals surface area contributed by atoms with Gasteiger partial charge in [-0.1, -0.05) is 24.3 Å². The van der Waals surface area contributed by atoms with Crippen LogP contribution in [0.3, 0.4) is 0 Å². The Labute approximate surface area is 156 Å². The van der Waals surface area contributed by atoms with Crippen molar-refractivity contribution in [3.63, 3.8) is 0 Å². The molecule has 27 heavy (non-hydrogen) atoms. The number of fused-ring (bicyclic) bond motifs is 2. The van der Waals surface area contributed by atoms with E-state index in [1.165, 1.54) is 6.08 Å². The Morgan fingerprint density at radius 3 is 2.63 bits per heavy atom. The van der Waals surface area contributed by atoms with Crippen molar-refractivity contribution >= 4 is 34.1 Å². The van der Waals surface area contributed by atoms with E-state index in [0.717, 1.165) is 40.7 Å². The van der Waals surface area contributed by atoms with Crippen LogP contribution in [0.25, 0.3) is 28.1 Å². The number of carbonyl (C=O) groups is 1. The zero-order valence-corrected chi connectivity index (χ0v) is 14.7. The van der Waals surface area contributed by atoms with Crippen molar-refractivity contribution in [3.8, 4) is 0 Å². The third-order valence-electron chi connectivity index (χ3n) is 4.20. The summed E-state index contributed by atoms with van der Waals surface area (Å²) in [5.41, 5.74) is 4.31. The van der Waals surface area contributed by atoms with Gasteiger partial charge in [-0.2, -0.15) is 0 Å². The Bertz CT molecular complexity index is 1080. The molecule has 0 fully saturated rings. The quantitative estimate of drug-likeness (QED) is 0.410. The minimum atomic E-state index is -0.144. The molecule has 0 aliphatic heterocycles. The number of rotatable bonds is 6. The molecule has 0 saturated heterocycles. The normalized spacial score (nSPS) is 11.4. The molecule has 0 radical (unpaired) electrons. The number of aromatic nitrogens is 4. The van der Waals surface area contributed by atoms with Crippen molar-refractivity contribution in [2.24, 2.45) is 0 Å². The van der Waals surface area contributed by atoms with Crippen molar-refractivity contribution in [2.75, 3.05) is 6.54 Å². The number of H-pyrrole nitrogens is 1. The average Bonchev–Trinajstić information content (AvgIpc) is 3.12. The van der Waals surface area contributed by atoms with Crippen molar-refractivity contribution in [2.45, 2.75) is 12.8 Å². The molecule has 0 saturated carbocycles. The zero-order chi connectivity index (χ0) is 18.5. The van der Waals surface area contributed by atoms with Gasteiger partial charge in [0.15, 0.2) is 0 Å². The lowest BCUT2D eigenvalue weighted by molar-refractivity contribution is -0.116. The topological polar surface area (TPSA) is 83.6 Å². The highest BCUT2D eigenvalue weighted by Crippen LogP contribution is 2.11. The summed E-state index contributed by atoms with van der Waals surface area (Å²) < 4.78 is 0. The molecular formula is C21H19N5O. The molecule has 0 bridgehead atoms. The van der Waals surface area contributed by atoms with Gasteiger partial charge in [0, 0.05) is 19.0 Å². The second kappa shape index (κ2) is 7.78. The van der Waals surface area contributed by atoms with Crippen LogP contribution < -0.4 is 5.32 Å². The molecule has 0 aliphatic rings. The molecule has 0 atom stereocenters. The summed E-state index contributed by atoms with van der Waals surface area (Å²) in [5, 5.41) is 2.88. The number of hydrogen-bond acceptors (Lipinski definition) is 4. The Balaban J connectivity index is 1.26. The molecule has 6 nitrogen and oxygen atoms in total. The number of aryl methyl sites for hydroxylation is 1. The van der Waals surface area contributed by atoms with Gasteiger partial charge >= 0.3 is 0 Å². The van der Waals surface area contributed by atoms with Gasteiger partial charge in [-0.25, -0.2) is 9.97 Å². The lowest BCUT2D eigenvalue weighted by atomic mass is 10.3. The van der Waals surface area contributed by atoms with E-state index in [2.05, 4.69) is 25.3 Å². The Morgan fingerprint density at radius 2 is 1.78 bits per heavy atom. The first-order chi connectivity index (χ1) is 13.3. The summed E-state index contributed by atoms with van der Waals surface area (Å²) in [7, 11) is 0. The summed E-state index contributed by atoms with van der Waals surface area (Å²) in [4.78, 5) is 28.6. The van der Waals surface area contributed by atoms with Gasteiger partial charge in [-0.3, -0.25) is 9.78 Å². The lowest BCUT2D eigenvalue weighted by Crippen LogP contribution is -2.22. The molecule has 2 N–H and O–H groups in total. The van der Waals surface area contributed by atoms with Gasteiger partial charge in [0.1, 0.15) is 5.82 Å². The number of imidazole rings is 1. The van der Waals surface area contributed by atoms with Crippen molar-refractivity contribution < 1.29 is 4.79 Å². The van der Waals surface area contributed by atoms with E-state index in [-0.39, 0.29) is 5.91 Å². The molecule has 2 heterocycles. The molecule has 0 spiro atoms. The molecule has 4 rings (SSSR count). The maximum absolute atomic E-state index is 12.0. The minimum absolute atomic E-state index is 0.144. The maximum Gasteiger partial charge on any atom is 0.244 e. The van der Waals surface area contributed by atoms with E-state index in [1.807, 2.05) is 48.5 Å². The number of aromatic amines is 1. The summed E-state index contributed by atoms with van der Waals surface area (Å²) in [6.45, 7) is 0.587. The first-order valence-electron chi connectivity index (χ1n) is 8.89. The SMILES string of the molecule is O=C(/C=C/c1cnc2ccccc2n1)NCCCc1nc2ccccc2[nH]1. The van der Waals surface area contributed by atoms with Crippen LogP contribution in [0.15, 0.2) is 60.8 Å². The summed E-state index contributed by atoms with van der Waals surface area (Å²) in [5.74, 6) is 0.794. The first kappa shape index (κ1) is 16.9. The predicted octanol–water partition coefficient (Wildman–Crippen LogP) is 3.27. The fourth-order valence-electron chi connectivity index (χ4n) is 2.86.